The quantitative estimate of drug-likeness (QED) is 0.601. The number of hydrogen-bond donors (Lipinski definition) is 0. The van der Waals surface area contributed by atoms with Crippen molar-refractivity contribution in [3.05, 3.63) is 69.6 Å². The van der Waals surface area contributed by atoms with Gasteiger partial charge in [0.2, 0.25) is 0 Å². The van der Waals surface area contributed by atoms with Crippen molar-refractivity contribution >= 4 is 38.8 Å². The zero-order chi connectivity index (χ0) is 15.0. The predicted molar refractivity (Wildman–Crippen MR) is 81.2 cm³/mol. The Morgan fingerprint density at radius 2 is 1.95 bits per heavy atom. The standard InChI is InChI=1S/C16H9ClF2OS/c17-12-3-1-2-10(16(12)19)6-13(20)15-7-9-4-5-11(18)8-14(9)21-15/h1-5,7-8H,6H2. The maximum Gasteiger partial charge on any atom is 0.177 e. The highest BCUT2D eigenvalue weighted by Gasteiger charge is 2.15. The summed E-state index contributed by atoms with van der Waals surface area (Å²) in [6.07, 6.45) is -0.0678. The topological polar surface area (TPSA) is 17.1 Å². The summed E-state index contributed by atoms with van der Waals surface area (Å²) in [6.45, 7) is 0. The molecular formula is C16H9ClF2OS. The van der Waals surface area contributed by atoms with Crippen molar-refractivity contribution in [2.45, 2.75) is 6.42 Å². The second-order valence-electron chi connectivity index (χ2n) is 4.61. The van der Waals surface area contributed by atoms with Gasteiger partial charge in [-0.1, -0.05) is 29.8 Å². The molecule has 5 heteroatoms. The first-order valence-corrected chi connectivity index (χ1v) is 7.39. The van der Waals surface area contributed by atoms with E-state index in [4.69, 9.17) is 11.6 Å². The smallest absolute Gasteiger partial charge is 0.177 e. The van der Waals surface area contributed by atoms with Gasteiger partial charge in [0.15, 0.2) is 5.78 Å². The molecule has 3 aromatic rings. The minimum absolute atomic E-state index is 0.00119. The molecule has 0 atom stereocenters. The molecule has 1 nitrogen and oxygen atoms in total. The van der Waals surface area contributed by atoms with Crippen LogP contribution in [0.3, 0.4) is 0 Å². The van der Waals surface area contributed by atoms with Crippen molar-refractivity contribution in [3.63, 3.8) is 0 Å². The Hall–Kier alpha value is -1.78. The zero-order valence-corrected chi connectivity index (χ0v) is 12.3. The van der Waals surface area contributed by atoms with Crippen LogP contribution in [0.2, 0.25) is 5.02 Å². The Kier molecular flexibility index (Phi) is 3.74. The number of rotatable bonds is 3. The second kappa shape index (κ2) is 5.54. The van der Waals surface area contributed by atoms with Gasteiger partial charge in [-0.05, 0) is 35.2 Å². The molecule has 0 aliphatic rings. The van der Waals surface area contributed by atoms with Gasteiger partial charge in [-0.15, -0.1) is 11.3 Å². The Balaban J connectivity index is 1.91. The Morgan fingerprint density at radius 3 is 2.76 bits per heavy atom. The van der Waals surface area contributed by atoms with Gasteiger partial charge in [-0.25, -0.2) is 8.78 Å². The summed E-state index contributed by atoms with van der Waals surface area (Å²) in [4.78, 5) is 12.7. The molecule has 3 rings (SSSR count). The highest BCUT2D eigenvalue weighted by atomic mass is 35.5. The number of carbonyl (C=O) groups is 1. The average molecular weight is 323 g/mol. The lowest BCUT2D eigenvalue weighted by Gasteiger charge is -2.02. The van der Waals surface area contributed by atoms with E-state index in [1.807, 2.05) is 0 Å². The SMILES string of the molecule is O=C(Cc1cccc(Cl)c1F)c1cc2ccc(F)cc2s1. The van der Waals surface area contributed by atoms with Gasteiger partial charge >= 0.3 is 0 Å². The normalized spacial score (nSPS) is 11.0. The average Bonchev–Trinajstić information content (AvgIpc) is 2.87. The van der Waals surface area contributed by atoms with Crippen molar-refractivity contribution in [3.8, 4) is 0 Å². The van der Waals surface area contributed by atoms with Gasteiger partial charge < -0.3 is 0 Å². The molecule has 0 N–H and O–H groups in total. The molecule has 0 fully saturated rings. The maximum atomic E-state index is 13.8. The molecular weight excluding hydrogens is 314 g/mol. The molecule has 2 aromatic carbocycles. The van der Waals surface area contributed by atoms with Gasteiger partial charge in [-0.2, -0.15) is 0 Å². The van der Waals surface area contributed by atoms with E-state index in [1.165, 1.54) is 35.6 Å². The lowest BCUT2D eigenvalue weighted by molar-refractivity contribution is 0.0996. The molecule has 0 aliphatic heterocycles. The van der Waals surface area contributed by atoms with Crippen molar-refractivity contribution in [2.75, 3.05) is 0 Å². The summed E-state index contributed by atoms with van der Waals surface area (Å²) in [7, 11) is 0. The van der Waals surface area contributed by atoms with E-state index in [9.17, 15) is 13.6 Å². The van der Waals surface area contributed by atoms with E-state index < -0.39 is 5.82 Å². The van der Waals surface area contributed by atoms with E-state index in [0.717, 1.165) is 5.39 Å². The second-order valence-corrected chi connectivity index (χ2v) is 6.10. The summed E-state index contributed by atoms with van der Waals surface area (Å²) in [6, 6.07) is 10.6. The lowest BCUT2D eigenvalue weighted by atomic mass is 10.1. The van der Waals surface area contributed by atoms with Crippen LogP contribution in [0.1, 0.15) is 15.2 Å². The van der Waals surface area contributed by atoms with E-state index in [-0.39, 0.29) is 28.6 Å². The van der Waals surface area contributed by atoms with Gasteiger partial charge in [0.25, 0.3) is 0 Å². The third kappa shape index (κ3) is 2.82. The Labute approximate surface area is 128 Å². The number of thiophene rings is 1. The van der Waals surface area contributed by atoms with Crippen LogP contribution < -0.4 is 0 Å². The van der Waals surface area contributed by atoms with Crippen LogP contribution >= 0.6 is 22.9 Å². The van der Waals surface area contributed by atoms with Crippen molar-refractivity contribution in [1.29, 1.82) is 0 Å². The predicted octanol–water partition coefficient (Wildman–Crippen LogP) is 5.26. The molecule has 21 heavy (non-hydrogen) atoms. The number of benzene rings is 2. The van der Waals surface area contributed by atoms with Crippen LogP contribution in [-0.2, 0) is 6.42 Å². The van der Waals surface area contributed by atoms with Gasteiger partial charge in [0.1, 0.15) is 11.6 Å². The summed E-state index contributed by atoms with van der Waals surface area (Å²) in [5.74, 6) is -1.12. The molecule has 0 saturated heterocycles. The number of ketones is 1. The van der Waals surface area contributed by atoms with Crippen molar-refractivity contribution in [2.24, 2.45) is 0 Å². The van der Waals surface area contributed by atoms with E-state index in [2.05, 4.69) is 0 Å². The van der Waals surface area contributed by atoms with E-state index in [1.54, 1.807) is 18.2 Å². The summed E-state index contributed by atoms with van der Waals surface area (Å²) in [5.41, 5.74) is 0.260. The van der Waals surface area contributed by atoms with E-state index >= 15 is 0 Å². The fourth-order valence-corrected chi connectivity index (χ4v) is 3.31. The van der Waals surface area contributed by atoms with Crippen LogP contribution in [-0.4, -0.2) is 5.78 Å². The fraction of sp³-hybridized carbons (Fsp3) is 0.0625. The lowest BCUT2D eigenvalue weighted by Crippen LogP contribution is -2.03. The maximum absolute atomic E-state index is 13.8. The molecule has 0 bridgehead atoms. The van der Waals surface area contributed by atoms with Crippen LogP contribution in [0.25, 0.3) is 10.1 Å². The minimum Gasteiger partial charge on any atom is -0.293 e. The Morgan fingerprint density at radius 1 is 1.14 bits per heavy atom. The molecule has 0 spiro atoms. The highest BCUT2D eigenvalue weighted by molar-refractivity contribution is 7.20. The summed E-state index contributed by atoms with van der Waals surface area (Å²) < 4.78 is 27.7. The van der Waals surface area contributed by atoms with Crippen molar-refractivity contribution < 1.29 is 13.6 Å². The Bertz CT molecular complexity index is 841. The summed E-state index contributed by atoms with van der Waals surface area (Å²) >= 11 is 6.90. The first-order valence-electron chi connectivity index (χ1n) is 6.20. The first kappa shape index (κ1) is 14.2. The van der Waals surface area contributed by atoms with Crippen LogP contribution in [0, 0.1) is 11.6 Å². The molecule has 106 valence electrons. The van der Waals surface area contributed by atoms with Crippen molar-refractivity contribution in [1.82, 2.24) is 0 Å². The number of fused-ring (bicyclic) bond motifs is 1. The van der Waals surface area contributed by atoms with Crippen LogP contribution in [0.5, 0.6) is 0 Å². The molecule has 0 amide bonds. The van der Waals surface area contributed by atoms with Crippen LogP contribution in [0.15, 0.2) is 42.5 Å². The molecule has 0 saturated carbocycles. The number of carbonyl (C=O) groups excluding carboxylic acids is 1. The minimum atomic E-state index is -0.570. The number of halogens is 3. The van der Waals surface area contributed by atoms with Gasteiger partial charge in [0, 0.05) is 11.1 Å². The van der Waals surface area contributed by atoms with E-state index in [0.29, 0.717) is 9.58 Å². The largest absolute Gasteiger partial charge is 0.293 e. The monoisotopic (exact) mass is 322 g/mol. The highest BCUT2D eigenvalue weighted by Crippen LogP contribution is 2.28. The molecule has 0 aliphatic carbocycles. The van der Waals surface area contributed by atoms with Crippen LogP contribution in [0.4, 0.5) is 8.78 Å². The molecule has 1 aromatic heterocycles. The van der Waals surface area contributed by atoms with Gasteiger partial charge in [-0.3, -0.25) is 4.79 Å². The fourth-order valence-electron chi connectivity index (χ4n) is 2.09. The molecule has 0 radical (unpaired) electrons. The molecule has 1 heterocycles. The number of Topliss-reactive ketones (excluding diaryl/α,β-unsaturated/α-hetero) is 1. The molecule has 0 unspecified atom stereocenters. The number of hydrogen-bond acceptors (Lipinski definition) is 2. The third-order valence-corrected chi connectivity index (χ3v) is 4.57. The van der Waals surface area contributed by atoms with Gasteiger partial charge in [0.05, 0.1) is 9.90 Å². The zero-order valence-electron chi connectivity index (χ0n) is 10.7. The summed E-state index contributed by atoms with van der Waals surface area (Å²) in [5, 5.41) is 0.801. The first-order chi connectivity index (χ1) is 10.0. The third-order valence-electron chi connectivity index (χ3n) is 3.14.